The zero-order chi connectivity index (χ0) is 7.56. The van der Waals surface area contributed by atoms with Gasteiger partial charge in [-0.25, -0.2) is 0 Å². The molecule has 2 unspecified atom stereocenters. The third-order valence-corrected chi connectivity index (χ3v) is 2.35. The highest BCUT2D eigenvalue weighted by atomic mass is 16.1. The van der Waals surface area contributed by atoms with Gasteiger partial charge in [0.1, 0.15) is 5.78 Å². The molecule has 0 aromatic carbocycles. The normalized spacial score (nSPS) is 35.4. The SMILES string of the molecule is C=C.O=C1CCC2CC2C1. The lowest BCUT2D eigenvalue weighted by atomic mass is 10.00. The summed E-state index contributed by atoms with van der Waals surface area (Å²) in [6, 6.07) is 0. The van der Waals surface area contributed by atoms with E-state index in [-0.39, 0.29) is 0 Å². The smallest absolute Gasteiger partial charge is 0.133 e. The van der Waals surface area contributed by atoms with Crippen molar-refractivity contribution in [1.82, 2.24) is 0 Å². The molecule has 0 bridgehead atoms. The summed E-state index contributed by atoms with van der Waals surface area (Å²) < 4.78 is 0. The van der Waals surface area contributed by atoms with E-state index in [1.807, 2.05) is 0 Å². The van der Waals surface area contributed by atoms with Gasteiger partial charge in [0.05, 0.1) is 0 Å². The zero-order valence-electron chi connectivity index (χ0n) is 6.31. The molecule has 2 aliphatic rings. The summed E-state index contributed by atoms with van der Waals surface area (Å²) in [5, 5.41) is 0. The summed E-state index contributed by atoms with van der Waals surface area (Å²) >= 11 is 0. The Labute approximate surface area is 62.1 Å². The van der Waals surface area contributed by atoms with Crippen molar-refractivity contribution >= 4 is 5.78 Å². The molecule has 0 aromatic heterocycles. The predicted molar refractivity (Wildman–Crippen MR) is 41.7 cm³/mol. The molecule has 56 valence electrons. The third-order valence-electron chi connectivity index (χ3n) is 2.35. The first-order chi connectivity index (χ1) is 4.86. The van der Waals surface area contributed by atoms with Gasteiger partial charge in [0.25, 0.3) is 0 Å². The summed E-state index contributed by atoms with van der Waals surface area (Å²) in [6.45, 7) is 6.00. The van der Waals surface area contributed by atoms with Gasteiger partial charge in [0, 0.05) is 12.8 Å². The van der Waals surface area contributed by atoms with Crippen molar-refractivity contribution in [1.29, 1.82) is 0 Å². The van der Waals surface area contributed by atoms with Crippen molar-refractivity contribution < 1.29 is 4.79 Å². The van der Waals surface area contributed by atoms with Gasteiger partial charge in [0.15, 0.2) is 0 Å². The number of ketones is 1. The van der Waals surface area contributed by atoms with Crippen molar-refractivity contribution in [3.8, 4) is 0 Å². The molecule has 0 radical (unpaired) electrons. The second-order valence-corrected chi connectivity index (χ2v) is 3.04. The van der Waals surface area contributed by atoms with E-state index in [9.17, 15) is 4.79 Å². The first kappa shape index (κ1) is 7.52. The lowest BCUT2D eigenvalue weighted by molar-refractivity contribution is -0.120. The molecule has 2 aliphatic carbocycles. The van der Waals surface area contributed by atoms with Gasteiger partial charge in [0.2, 0.25) is 0 Å². The van der Waals surface area contributed by atoms with Crippen molar-refractivity contribution in [2.45, 2.75) is 25.7 Å². The maximum atomic E-state index is 10.7. The molecular formula is C9H14O. The third kappa shape index (κ3) is 1.47. The summed E-state index contributed by atoms with van der Waals surface area (Å²) in [5.41, 5.74) is 0. The fourth-order valence-electron chi connectivity index (χ4n) is 1.65. The Morgan fingerprint density at radius 3 is 2.50 bits per heavy atom. The van der Waals surface area contributed by atoms with Crippen LogP contribution in [-0.4, -0.2) is 5.78 Å². The first-order valence-electron chi connectivity index (χ1n) is 3.88. The van der Waals surface area contributed by atoms with Gasteiger partial charge in [-0.2, -0.15) is 0 Å². The van der Waals surface area contributed by atoms with E-state index in [4.69, 9.17) is 0 Å². The molecule has 1 nitrogen and oxygen atoms in total. The quantitative estimate of drug-likeness (QED) is 0.469. The molecule has 0 N–H and O–H groups in total. The van der Waals surface area contributed by atoms with Gasteiger partial charge in [-0.1, -0.05) is 0 Å². The summed E-state index contributed by atoms with van der Waals surface area (Å²) in [6.07, 6.45) is 4.33. The number of carbonyl (C=O) groups excluding carboxylic acids is 1. The standard InChI is InChI=1S/C7H10O.C2H4/c8-7-2-1-5-3-6(5)4-7;1-2/h5-6H,1-4H2;1-2H2. The second kappa shape index (κ2) is 3.00. The lowest BCUT2D eigenvalue weighted by Gasteiger charge is -2.04. The monoisotopic (exact) mass is 138 g/mol. The highest BCUT2D eigenvalue weighted by molar-refractivity contribution is 5.80. The van der Waals surface area contributed by atoms with E-state index in [0.29, 0.717) is 5.78 Å². The van der Waals surface area contributed by atoms with Crippen LogP contribution < -0.4 is 0 Å². The Morgan fingerprint density at radius 1 is 1.30 bits per heavy atom. The molecule has 2 fully saturated rings. The highest BCUT2D eigenvalue weighted by Crippen LogP contribution is 2.47. The fraction of sp³-hybridized carbons (Fsp3) is 0.667. The topological polar surface area (TPSA) is 17.1 Å². The maximum absolute atomic E-state index is 10.7. The minimum Gasteiger partial charge on any atom is -0.300 e. The molecule has 2 saturated carbocycles. The Morgan fingerprint density at radius 2 is 2.00 bits per heavy atom. The average molecular weight is 138 g/mol. The molecular weight excluding hydrogens is 124 g/mol. The molecule has 0 spiro atoms. The Kier molecular flexibility index (Phi) is 2.25. The highest BCUT2D eigenvalue weighted by Gasteiger charge is 2.41. The Balaban J connectivity index is 0.000000231. The predicted octanol–water partition coefficient (Wildman–Crippen LogP) is 2.18. The van der Waals surface area contributed by atoms with Crippen LogP contribution >= 0.6 is 0 Å². The lowest BCUT2D eigenvalue weighted by Crippen LogP contribution is -2.05. The number of rotatable bonds is 0. The van der Waals surface area contributed by atoms with Crippen LogP contribution in [0.5, 0.6) is 0 Å². The van der Waals surface area contributed by atoms with Crippen molar-refractivity contribution in [3.05, 3.63) is 13.2 Å². The van der Waals surface area contributed by atoms with Gasteiger partial charge >= 0.3 is 0 Å². The zero-order valence-corrected chi connectivity index (χ0v) is 6.31. The van der Waals surface area contributed by atoms with E-state index < -0.39 is 0 Å². The maximum Gasteiger partial charge on any atom is 0.133 e. The van der Waals surface area contributed by atoms with Gasteiger partial charge in [-0.05, 0) is 24.7 Å². The van der Waals surface area contributed by atoms with Crippen LogP contribution in [0.15, 0.2) is 13.2 Å². The number of hydrogen-bond acceptors (Lipinski definition) is 1. The average Bonchev–Trinajstić information content (AvgIpc) is 2.70. The molecule has 0 saturated heterocycles. The van der Waals surface area contributed by atoms with E-state index in [2.05, 4.69) is 13.2 Å². The first-order valence-corrected chi connectivity index (χ1v) is 3.88. The molecule has 2 atom stereocenters. The largest absolute Gasteiger partial charge is 0.300 e. The van der Waals surface area contributed by atoms with Crippen molar-refractivity contribution in [2.24, 2.45) is 11.8 Å². The summed E-state index contributed by atoms with van der Waals surface area (Å²) in [5.74, 6) is 2.30. The number of carbonyl (C=O) groups is 1. The van der Waals surface area contributed by atoms with Gasteiger partial charge in [-0.3, -0.25) is 4.79 Å². The fourth-order valence-corrected chi connectivity index (χ4v) is 1.65. The van der Waals surface area contributed by atoms with Gasteiger partial charge in [-0.15, -0.1) is 13.2 Å². The Bertz CT molecular complexity index is 140. The minimum absolute atomic E-state index is 0.503. The van der Waals surface area contributed by atoms with Crippen molar-refractivity contribution in [3.63, 3.8) is 0 Å². The van der Waals surface area contributed by atoms with Crippen LogP contribution in [0.2, 0.25) is 0 Å². The number of hydrogen-bond donors (Lipinski definition) is 0. The van der Waals surface area contributed by atoms with Crippen molar-refractivity contribution in [2.75, 3.05) is 0 Å². The molecule has 2 rings (SSSR count). The minimum atomic E-state index is 0.503. The van der Waals surface area contributed by atoms with Crippen LogP contribution in [0, 0.1) is 11.8 Å². The summed E-state index contributed by atoms with van der Waals surface area (Å²) in [7, 11) is 0. The van der Waals surface area contributed by atoms with E-state index >= 15 is 0 Å². The van der Waals surface area contributed by atoms with Gasteiger partial charge < -0.3 is 0 Å². The second-order valence-electron chi connectivity index (χ2n) is 3.04. The molecule has 0 heterocycles. The number of Topliss-reactive ketones (excluding diaryl/α,β-unsaturated/α-hetero) is 1. The molecule has 0 amide bonds. The number of fused-ring (bicyclic) bond motifs is 1. The van der Waals surface area contributed by atoms with E-state index in [1.54, 1.807) is 0 Å². The van der Waals surface area contributed by atoms with Crippen LogP contribution in [-0.2, 0) is 4.79 Å². The van der Waals surface area contributed by atoms with Crippen LogP contribution in [0.25, 0.3) is 0 Å². The summed E-state index contributed by atoms with van der Waals surface area (Å²) in [4.78, 5) is 10.7. The van der Waals surface area contributed by atoms with Crippen LogP contribution in [0.4, 0.5) is 0 Å². The molecule has 0 aliphatic heterocycles. The molecule has 0 aromatic rings. The molecule has 1 heteroatoms. The van der Waals surface area contributed by atoms with E-state index in [1.165, 1.54) is 12.8 Å². The van der Waals surface area contributed by atoms with E-state index in [0.717, 1.165) is 24.7 Å². The Hall–Kier alpha value is -0.590. The van der Waals surface area contributed by atoms with Crippen LogP contribution in [0.1, 0.15) is 25.7 Å². The molecule has 10 heavy (non-hydrogen) atoms. The van der Waals surface area contributed by atoms with Crippen LogP contribution in [0.3, 0.4) is 0 Å².